The van der Waals surface area contributed by atoms with Crippen LogP contribution in [-0.4, -0.2) is 11.7 Å². The first-order valence-corrected chi connectivity index (χ1v) is 4.27. The molecule has 0 radical (unpaired) electrons. The van der Waals surface area contributed by atoms with Gasteiger partial charge in [-0.05, 0) is 12.1 Å². The zero-order valence-corrected chi connectivity index (χ0v) is 7.88. The van der Waals surface area contributed by atoms with Crippen molar-refractivity contribution in [1.82, 2.24) is 0 Å². The normalized spacial score (nSPS) is 13.0. The number of rotatable bonds is 2. The molecule has 2 nitrogen and oxygen atoms in total. The Bertz CT molecular complexity index is 280. The lowest BCUT2D eigenvalue weighted by molar-refractivity contribution is 0.182. The fourth-order valence-corrected chi connectivity index (χ4v) is 1.23. The van der Waals surface area contributed by atoms with E-state index in [9.17, 15) is 9.50 Å². The second-order valence-corrected chi connectivity index (χ2v) is 3.33. The second-order valence-electron chi connectivity index (χ2n) is 2.42. The van der Waals surface area contributed by atoms with Crippen molar-refractivity contribution in [2.24, 2.45) is 5.73 Å². The Kier molecular flexibility index (Phi) is 3.20. The molecule has 0 bridgehead atoms. The minimum absolute atomic E-state index is 0.0263. The van der Waals surface area contributed by atoms with Gasteiger partial charge in [-0.25, -0.2) is 4.39 Å². The number of nitrogens with two attached hydrogens (primary N) is 1. The minimum Gasteiger partial charge on any atom is -0.387 e. The van der Waals surface area contributed by atoms with Gasteiger partial charge in [-0.15, -0.1) is 0 Å². The van der Waals surface area contributed by atoms with E-state index in [1.165, 1.54) is 12.1 Å². The lowest BCUT2D eigenvalue weighted by Gasteiger charge is -2.08. The lowest BCUT2D eigenvalue weighted by atomic mass is 10.1. The maximum absolute atomic E-state index is 13.0. The third-order valence-corrected chi connectivity index (χ3v) is 2.04. The van der Waals surface area contributed by atoms with E-state index in [0.29, 0.717) is 4.47 Å². The molecule has 4 heteroatoms. The summed E-state index contributed by atoms with van der Waals surface area (Å²) in [6.07, 6.45) is -0.918. The van der Waals surface area contributed by atoms with Crippen LogP contribution in [-0.2, 0) is 0 Å². The first kappa shape index (κ1) is 9.64. The Hall–Kier alpha value is -0.450. The van der Waals surface area contributed by atoms with Crippen molar-refractivity contribution < 1.29 is 9.50 Å². The van der Waals surface area contributed by atoms with Crippen molar-refractivity contribution >= 4 is 15.9 Å². The molecular formula is C8H9BrFNO. The standard InChI is InChI=1S/C8H9BrFNO/c9-5-1-2-6(7(10)3-5)8(12)4-11/h1-3,8,12H,4,11H2. The molecule has 0 aliphatic carbocycles. The predicted molar refractivity (Wildman–Crippen MR) is 48.1 cm³/mol. The number of aliphatic hydroxyl groups excluding tert-OH is 1. The van der Waals surface area contributed by atoms with Crippen molar-refractivity contribution in [2.45, 2.75) is 6.10 Å². The van der Waals surface area contributed by atoms with Gasteiger partial charge in [0.05, 0.1) is 6.10 Å². The molecule has 0 spiro atoms. The van der Waals surface area contributed by atoms with Gasteiger partial charge in [0.1, 0.15) is 5.82 Å². The Morgan fingerprint density at radius 3 is 2.75 bits per heavy atom. The Balaban J connectivity index is 3.01. The second kappa shape index (κ2) is 3.98. The number of hydrogen-bond donors (Lipinski definition) is 2. The summed E-state index contributed by atoms with van der Waals surface area (Å²) in [5.41, 5.74) is 5.42. The number of benzene rings is 1. The van der Waals surface area contributed by atoms with Crippen LogP contribution in [0.15, 0.2) is 22.7 Å². The van der Waals surface area contributed by atoms with E-state index in [-0.39, 0.29) is 12.1 Å². The summed E-state index contributed by atoms with van der Waals surface area (Å²) >= 11 is 3.11. The molecule has 1 atom stereocenters. The predicted octanol–water partition coefficient (Wildman–Crippen LogP) is 1.58. The highest BCUT2D eigenvalue weighted by molar-refractivity contribution is 9.10. The number of aliphatic hydroxyl groups is 1. The molecule has 12 heavy (non-hydrogen) atoms. The van der Waals surface area contributed by atoms with Gasteiger partial charge in [-0.1, -0.05) is 22.0 Å². The molecular weight excluding hydrogens is 225 g/mol. The van der Waals surface area contributed by atoms with Crippen molar-refractivity contribution in [1.29, 1.82) is 0 Å². The summed E-state index contributed by atoms with van der Waals surface area (Å²) < 4.78 is 13.7. The van der Waals surface area contributed by atoms with Gasteiger partial charge in [0, 0.05) is 16.6 Å². The van der Waals surface area contributed by atoms with Gasteiger partial charge in [0.25, 0.3) is 0 Å². The first-order valence-electron chi connectivity index (χ1n) is 3.48. The summed E-state index contributed by atoms with van der Waals surface area (Å²) in [7, 11) is 0. The Morgan fingerprint density at radius 2 is 2.25 bits per heavy atom. The highest BCUT2D eigenvalue weighted by Crippen LogP contribution is 2.20. The molecule has 0 aliphatic heterocycles. The Morgan fingerprint density at radius 1 is 1.58 bits per heavy atom. The van der Waals surface area contributed by atoms with Crippen LogP contribution in [0.1, 0.15) is 11.7 Å². The zero-order chi connectivity index (χ0) is 9.14. The molecule has 0 aromatic heterocycles. The van der Waals surface area contributed by atoms with E-state index in [1.54, 1.807) is 6.07 Å². The minimum atomic E-state index is -0.918. The molecule has 1 rings (SSSR count). The van der Waals surface area contributed by atoms with Crippen molar-refractivity contribution in [3.8, 4) is 0 Å². The number of halogens is 2. The number of hydrogen-bond acceptors (Lipinski definition) is 2. The van der Waals surface area contributed by atoms with E-state index in [1.807, 2.05) is 0 Å². The largest absolute Gasteiger partial charge is 0.387 e. The topological polar surface area (TPSA) is 46.2 Å². The summed E-state index contributed by atoms with van der Waals surface area (Å²) in [4.78, 5) is 0. The average molecular weight is 234 g/mol. The van der Waals surface area contributed by atoms with Crippen LogP contribution in [0.3, 0.4) is 0 Å². The van der Waals surface area contributed by atoms with Crippen LogP contribution in [0.4, 0.5) is 4.39 Å². The van der Waals surface area contributed by atoms with Gasteiger partial charge in [0.2, 0.25) is 0 Å². The van der Waals surface area contributed by atoms with Gasteiger partial charge in [-0.2, -0.15) is 0 Å². The van der Waals surface area contributed by atoms with Crippen molar-refractivity contribution in [3.05, 3.63) is 34.1 Å². The maximum Gasteiger partial charge on any atom is 0.130 e. The van der Waals surface area contributed by atoms with E-state index >= 15 is 0 Å². The van der Waals surface area contributed by atoms with Crippen molar-refractivity contribution in [3.63, 3.8) is 0 Å². The molecule has 0 amide bonds. The molecule has 0 saturated heterocycles. The van der Waals surface area contributed by atoms with E-state index in [0.717, 1.165) is 0 Å². The summed E-state index contributed by atoms with van der Waals surface area (Å²) in [6, 6.07) is 4.47. The molecule has 3 N–H and O–H groups in total. The summed E-state index contributed by atoms with van der Waals surface area (Å²) in [6.45, 7) is 0.0263. The van der Waals surface area contributed by atoms with Gasteiger partial charge in [0.15, 0.2) is 0 Å². The van der Waals surface area contributed by atoms with Crippen LogP contribution >= 0.6 is 15.9 Å². The molecule has 0 heterocycles. The molecule has 66 valence electrons. The van der Waals surface area contributed by atoms with Gasteiger partial charge < -0.3 is 10.8 Å². The zero-order valence-electron chi connectivity index (χ0n) is 6.30. The van der Waals surface area contributed by atoms with Crippen LogP contribution in [0.25, 0.3) is 0 Å². The monoisotopic (exact) mass is 233 g/mol. The maximum atomic E-state index is 13.0. The van der Waals surface area contributed by atoms with Crippen LogP contribution in [0, 0.1) is 5.82 Å². The third kappa shape index (κ3) is 2.03. The molecule has 0 fully saturated rings. The SMILES string of the molecule is NCC(O)c1ccc(Br)cc1F. The van der Waals surface area contributed by atoms with E-state index in [4.69, 9.17) is 5.73 Å². The summed E-state index contributed by atoms with van der Waals surface area (Å²) in [5.74, 6) is -0.442. The highest BCUT2D eigenvalue weighted by Gasteiger charge is 2.10. The molecule has 0 saturated carbocycles. The average Bonchev–Trinajstić information content (AvgIpc) is 2.03. The van der Waals surface area contributed by atoms with Crippen LogP contribution in [0.2, 0.25) is 0 Å². The smallest absolute Gasteiger partial charge is 0.130 e. The first-order chi connectivity index (χ1) is 5.65. The van der Waals surface area contributed by atoms with Gasteiger partial charge in [-0.3, -0.25) is 0 Å². The quantitative estimate of drug-likeness (QED) is 0.815. The van der Waals surface area contributed by atoms with E-state index in [2.05, 4.69) is 15.9 Å². The molecule has 1 aromatic carbocycles. The fourth-order valence-electron chi connectivity index (χ4n) is 0.899. The van der Waals surface area contributed by atoms with E-state index < -0.39 is 11.9 Å². The lowest BCUT2D eigenvalue weighted by Crippen LogP contribution is -2.12. The fraction of sp³-hybridized carbons (Fsp3) is 0.250. The molecule has 0 aliphatic rings. The Labute approximate surface area is 78.3 Å². The third-order valence-electron chi connectivity index (χ3n) is 1.54. The van der Waals surface area contributed by atoms with Crippen LogP contribution in [0.5, 0.6) is 0 Å². The van der Waals surface area contributed by atoms with Crippen LogP contribution < -0.4 is 5.73 Å². The van der Waals surface area contributed by atoms with Crippen molar-refractivity contribution in [2.75, 3.05) is 6.54 Å². The summed E-state index contributed by atoms with van der Waals surface area (Å²) in [5, 5.41) is 9.22. The van der Waals surface area contributed by atoms with Gasteiger partial charge >= 0.3 is 0 Å². The highest BCUT2D eigenvalue weighted by atomic mass is 79.9. The molecule has 1 unspecified atom stereocenters. The molecule has 1 aromatic rings.